The summed E-state index contributed by atoms with van der Waals surface area (Å²) in [5.74, 6) is -1.47. The van der Waals surface area contributed by atoms with Gasteiger partial charge in [-0.3, -0.25) is 9.59 Å². The first-order valence-electron chi connectivity index (χ1n) is 8.37. The summed E-state index contributed by atoms with van der Waals surface area (Å²) in [6, 6.07) is 6.99. The molecule has 1 amide bonds. The Balaban J connectivity index is 1.78. The van der Waals surface area contributed by atoms with E-state index in [0.29, 0.717) is 36.1 Å². The van der Waals surface area contributed by atoms with Gasteiger partial charge in [-0.1, -0.05) is 12.1 Å². The number of sulfone groups is 1. The van der Waals surface area contributed by atoms with E-state index in [0.717, 1.165) is 6.26 Å². The third kappa shape index (κ3) is 4.21. The molecule has 2 N–H and O–H groups in total. The van der Waals surface area contributed by atoms with Crippen molar-refractivity contribution < 1.29 is 23.1 Å². The quantitative estimate of drug-likeness (QED) is 0.771. The summed E-state index contributed by atoms with van der Waals surface area (Å²) in [6.07, 6.45) is 2.72. The van der Waals surface area contributed by atoms with E-state index in [1.807, 2.05) is 0 Å². The molecule has 140 valence electrons. The van der Waals surface area contributed by atoms with Gasteiger partial charge in [0, 0.05) is 12.3 Å². The molecular weight excluding hydrogens is 358 g/mol. The van der Waals surface area contributed by atoms with Gasteiger partial charge in [-0.15, -0.1) is 0 Å². The van der Waals surface area contributed by atoms with Gasteiger partial charge in [0.2, 0.25) is 5.91 Å². The van der Waals surface area contributed by atoms with E-state index < -0.39 is 21.7 Å². The van der Waals surface area contributed by atoms with Gasteiger partial charge >= 0.3 is 5.97 Å². The van der Waals surface area contributed by atoms with Crippen LogP contribution in [0.3, 0.4) is 0 Å². The highest BCUT2D eigenvalue weighted by Gasteiger charge is 2.30. The van der Waals surface area contributed by atoms with E-state index in [1.54, 1.807) is 28.8 Å². The van der Waals surface area contributed by atoms with E-state index in [2.05, 4.69) is 10.3 Å². The number of para-hydroxylation sites is 2. The second-order valence-electron chi connectivity index (χ2n) is 6.79. The summed E-state index contributed by atoms with van der Waals surface area (Å²) in [5, 5.41) is 11.9. The molecule has 26 heavy (non-hydrogen) atoms. The average Bonchev–Trinajstić information content (AvgIpc) is 3.12. The summed E-state index contributed by atoms with van der Waals surface area (Å²) >= 11 is 0. The number of carbonyl (C=O) groups is 2. The largest absolute Gasteiger partial charge is 0.481 e. The number of carboxylic acids is 1. The fourth-order valence-electron chi connectivity index (χ4n) is 3.40. The van der Waals surface area contributed by atoms with Gasteiger partial charge < -0.3 is 15.0 Å². The van der Waals surface area contributed by atoms with Gasteiger partial charge in [-0.25, -0.2) is 13.4 Å². The van der Waals surface area contributed by atoms with Crippen molar-refractivity contribution in [2.45, 2.75) is 37.6 Å². The predicted molar refractivity (Wildman–Crippen MR) is 95.2 cm³/mol. The minimum Gasteiger partial charge on any atom is -0.481 e. The van der Waals surface area contributed by atoms with Crippen LogP contribution in [0.15, 0.2) is 24.3 Å². The summed E-state index contributed by atoms with van der Waals surface area (Å²) in [5.41, 5.74) is 1.32. The number of hydrogen-bond acceptors (Lipinski definition) is 5. The molecule has 0 unspecified atom stereocenters. The molecule has 2 aromatic rings. The molecule has 0 bridgehead atoms. The maximum absolute atomic E-state index is 12.4. The van der Waals surface area contributed by atoms with Gasteiger partial charge in [-0.05, 0) is 31.4 Å². The average molecular weight is 379 g/mol. The maximum atomic E-state index is 12.4. The van der Waals surface area contributed by atoms with Crippen molar-refractivity contribution >= 4 is 32.7 Å². The summed E-state index contributed by atoms with van der Waals surface area (Å²) in [4.78, 5) is 27.8. The first kappa shape index (κ1) is 18.4. The topological polar surface area (TPSA) is 118 Å². The first-order valence-corrected chi connectivity index (χ1v) is 10.4. The Labute approximate surface area is 151 Å². The zero-order valence-electron chi connectivity index (χ0n) is 14.4. The monoisotopic (exact) mass is 379 g/mol. The Hall–Kier alpha value is -2.42. The Morgan fingerprint density at radius 3 is 2.69 bits per heavy atom. The van der Waals surface area contributed by atoms with Crippen LogP contribution in [0.4, 0.5) is 0 Å². The fraction of sp³-hybridized carbons (Fsp3) is 0.471. The fourth-order valence-corrected chi connectivity index (χ4v) is 4.09. The maximum Gasteiger partial charge on any atom is 0.306 e. The molecule has 0 radical (unpaired) electrons. The van der Waals surface area contributed by atoms with E-state index in [1.165, 1.54) is 0 Å². The molecule has 1 aromatic carbocycles. The molecule has 1 aromatic heterocycles. The molecule has 9 heteroatoms. The van der Waals surface area contributed by atoms with Crippen LogP contribution in [0, 0.1) is 5.92 Å². The third-order valence-corrected chi connectivity index (χ3v) is 5.36. The molecule has 1 fully saturated rings. The smallest absolute Gasteiger partial charge is 0.306 e. The number of nitrogens with one attached hydrogen (secondary N) is 1. The molecule has 1 aliphatic carbocycles. The van der Waals surface area contributed by atoms with Crippen LogP contribution in [0.1, 0.15) is 25.1 Å². The number of carboxylic acid groups (broad SMARTS) is 1. The lowest BCUT2D eigenvalue weighted by molar-refractivity contribution is -0.141. The van der Waals surface area contributed by atoms with Crippen molar-refractivity contribution in [1.82, 2.24) is 14.9 Å². The number of imidazole rings is 1. The number of hydrogen-bond donors (Lipinski definition) is 2. The molecule has 3 rings (SSSR count). The number of rotatable bonds is 6. The highest BCUT2D eigenvalue weighted by Crippen LogP contribution is 2.25. The van der Waals surface area contributed by atoms with Crippen molar-refractivity contribution in [1.29, 1.82) is 0 Å². The minimum atomic E-state index is -3.30. The lowest BCUT2D eigenvalue weighted by Crippen LogP contribution is -2.36. The molecule has 8 nitrogen and oxygen atoms in total. The zero-order chi connectivity index (χ0) is 18.9. The Kier molecular flexibility index (Phi) is 4.99. The lowest BCUT2D eigenvalue weighted by Gasteiger charge is -2.14. The number of amides is 1. The number of benzene rings is 1. The van der Waals surface area contributed by atoms with Gasteiger partial charge in [0.15, 0.2) is 9.84 Å². The van der Waals surface area contributed by atoms with Gasteiger partial charge in [0.1, 0.15) is 18.1 Å². The normalized spacial score (nSPS) is 20.3. The molecule has 1 saturated carbocycles. The van der Waals surface area contributed by atoms with Crippen LogP contribution in [-0.4, -0.2) is 47.2 Å². The summed E-state index contributed by atoms with van der Waals surface area (Å²) < 4.78 is 25.0. The van der Waals surface area contributed by atoms with Crippen molar-refractivity contribution in [2.24, 2.45) is 5.92 Å². The molecule has 0 aliphatic heterocycles. The Bertz CT molecular complexity index is 950. The van der Waals surface area contributed by atoms with Gasteiger partial charge in [0.05, 0.1) is 17.0 Å². The lowest BCUT2D eigenvalue weighted by atomic mass is 10.1. The number of fused-ring (bicyclic) bond motifs is 1. The Morgan fingerprint density at radius 2 is 2.04 bits per heavy atom. The van der Waals surface area contributed by atoms with Crippen molar-refractivity contribution in [3.8, 4) is 0 Å². The Morgan fingerprint density at radius 1 is 1.31 bits per heavy atom. The highest BCUT2D eigenvalue weighted by atomic mass is 32.2. The molecular formula is C17H21N3O5S. The van der Waals surface area contributed by atoms with Crippen LogP contribution in [0.5, 0.6) is 0 Å². The predicted octanol–water partition coefficient (Wildman–Crippen LogP) is 0.950. The summed E-state index contributed by atoms with van der Waals surface area (Å²) in [6.45, 7) is -0.0559. The number of aromatic nitrogens is 2. The standard InChI is InChI=1S/C17H21N3O5S/c1-26(24,25)10-15-19-13-4-2-3-5-14(13)20(15)9-16(21)18-12-7-6-11(8-12)17(22)23/h2-5,11-12H,6-10H2,1H3,(H,18,21)(H,22,23)/t11-,12+/m0/s1. The number of nitrogens with zero attached hydrogens (tertiary/aromatic N) is 2. The molecule has 1 aliphatic rings. The molecule has 2 atom stereocenters. The van der Waals surface area contributed by atoms with Gasteiger partial charge in [0.25, 0.3) is 0 Å². The minimum absolute atomic E-state index is 0.0559. The molecule has 0 spiro atoms. The third-order valence-electron chi connectivity index (χ3n) is 4.57. The number of carbonyl (C=O) groups excluding carboxylic acids is 1. The van der Waals surface area contributed by atoms with E-state index >= 15 is 0 Å². The van der Waals surface area contributed by atoms with E-state index in [4.69, 9.17) is 5.11 Å². The van der Waals surface area contributed by atoms with Crippen LogP contribution in [-0.2, 0) is 31.7 Å². The van der Waals surface area contributed by atoms with Crippen molar-refractivity contribution in [3.63, 3.8) is 0 Å². The van der Waals surface area contributed by atoms with Crippen LogP contribution in [0.2, 0.25) is 0 Å². The van der Waals surface area contributed by atoms with E-state index in [9.17, 15) is 18.0 Å². The SMILES string of the molecule is CS(=O)(=O)Cc1nc2ccccc2n1CC(=O)N[C@@H]1CC[C@H](C(=O)O)C1. The van der Waals surface area contributed by atoms with Crippen molar-refractivity contribution in [3.05, 3.63) is 30.1 Å². The van der Waals surface area contributed by atoms with E-state index in [-0.39, 0.29) is 24.2 Å². The molecule has 1 heterocycles. The first-order chi connectivity index (χ1) is 12.2. The second-order valence-corrected chi connectivity index (χ2v) is 8.93. The summed E-state index contributed by atoms with van der Waals surface area (Å²) in [7, 11) is -3.30. The van der Waals surface area contributed by atoms with Crippen LogP contribution in [0.25, 0.3) is 11.0 Å². The molecule has 0 saturated heterocycles. The zero-order valence-corrected chi connectivity index (χ0v) is 15.2. The van der Waals surface area contributed by atoms with Crippen LogP contribution >= 0.6 is 0 Å². The van der Waals surface area contributed by atoms with Crippen molar-refractivity contribution in [2.75, 3.05) is 6.26 Å². The highest BCUT2D eigenvalue weighted by molar-refractivity contribution is 7.89. The number of aliphatic carboxylic acids is 1. The van der Waals surface area contributed by atoms with Crippen LogP contribution < -0.4 is 5.32 Å². The second kappa shape index (κ2) is 7.06. The van der Waals surface area contributed by atoms with Gasteiger partial charge in [-0.2, -0.15) is 0 Å².